The Morgan fingerprint density at radius 1 is 1.23 bits per heavy atom. The summed E-state index contributed by atoms with van der Waals surface area (Å²) in [4.78, 5) is 21.0. The lowest BCUT2D eigenvalue weighted by Gasteiger charge is -2.28. The number of amides is 1. The number of anilines is 1. The highest BCUT2D eigenvalue weighted by Gasteiger charge is 2.25. The van der Waals surface area contributed by atoms with Gasteiger partial charge in [-0.3, -0.25) is 4.79 Å². The van der Waals surface area contributed by atoms with E-state index in [1.807, 2.05) is 51.1 Å². The predicted octanol–water partition coefficient (Wildman–Crippen LogP) is 1.99. The second-order valence-electron chi connectivity index (χ2n) is 7.85. The SMILES string of the molecule is COC(C)(CNC(=O)CCc1c(C)nc2nc(N)nn2c1C)COCc1ccccc1. The topological polar surface area (TPSA) is 117 Å². The van der Waals surface area contributed by atoms with Crippen LogP contribution < -0.4 is 11.1 Å². The number of nitrogens with two attached hydrogens (primary N) is 1. The van der Waals surface area contributed by atoms with E-state index in [-0.39, 0.29) is 11.9 Å². The molecular weight excluding hydrogens is 396 g/mol. The number of benzene rings is 1. The Morgan fingerprint density at radius 2 is 1.97 bits per heavy atom. The Balaban J connectivity index is 1.51. The van der Waals surface area contributed by atoms with E-state index in [1.54, 1.807) is 11.6 Å². The van der Waals surface area contributed by atoms with Gasteiger partial charge < -0.3 is 20.5 Å². The normalized spacial score (nSPS) is 13.3. The van der Waals surface area contributed by atoms with Gasteiger partial charge in [0.25, 0.3) is 5.78 Å². The number of carbonyl (C=O) groups excluding carboxylic acids is 1. The van der Waals surface area contributed by atoms with Crippen LogP contribution in [0.15, 0.2) is 30.3 Å². The fourth-order valence-electron chi connectivity index (χ4n) is 3.34. The van der Waals surface area contributed by atoms with Gasteiger partial charge in [0.2, 0.25) is 11.9 Å². The van der Waals surface area contributed by atoms with Crippen molar-refractivity contribution in [2.45, 2.75) is 45.8 Å². The highest BCUT2D eigenvalue weighted by Crippen LogP contribution is 2.16. The lowest BCUT2D eigenvalue weighted by molar-refractivity contribution is -0.123. The van der Waals surface area contributed by atoms with Crippen molar-refractivity contribution in [2.75, 3.05) is 26.0 Å². The number of rotatable bonds is 10. The smallest absolute Gasteiger partial charge is 0.254 e. The first-order chi connectivity index (χ1) is 14.8. The summed E-state index contributed by atoms with van der Waals surface area (Å²) in [5.74, 6) is 0.577. The number of nitrogen functional groups attached to an aromatic ring is 1. The zero-order valence-corrected chi connectivity index (χ0v) is 18.5. The Morgan fingerprint density at radius 3 is 2.68 bits per heavy atom. The molecule has 3 N–H and O–H groups in total. The lowest BCUT2D eigenvalue weighted by atomic mass is 10.1. The van der Waals surface area contributed by atoms with Crippen LogP contribution in [0.5, 0.6) is 0 Å². The molecule has 0 radical (unpaired) electrons. The quantitative estimate of drug-likeness (QED) is 0.509. The number of hydrogen-bond acceptors (Lipinski definition) is 7. The summed E-state index contributed by atoms with van der Waals surface area (Å²) in [7, 11) is 1.62. The number of ether oxygens (including phenoxy) is 2. The first-order valence-corrected chi connectivity index (χ1v) is 10.2. The van der Waals surface area contributed by atoms with Gasteiger partial charge in [-0.2, -0.15) is 9.50 Å². The molecule has 31 heavy (non-hydrogen) atoms. The van der Waals surface area contributed by atoms with Crippen molar-refractivity contribution in [3.8, 4) is 0 Å². The van der Waals surface area contributed by atoms with E-state index in [0.29, 0.717) is 38.4 Å². The third kappa shape index (κ3) is 5.77. The first kappa shape index (κ1) is 22.6. The molecule has 1 unspecified atom stereocenters. The van der Waals surface area contributed by atoms with Gasteiger partial charge in [-0.1, -0.05) is 30.3 Å². The molecule has 3 aromatic rings. The molecule has 0 spiro atoms. The van der Waals surface area contributed by atoms with Gasteiger partial charge in [0.1, 0.15) is 5.60 Å². The van der Waals surface area contributed by atoms with Crippen molar-refractivity contribution in [2.24, 2.45) is 0 Å². The molecule has 0 saturated heterocycles. The molecule has 2 aromatic heterocycles. The third-order valence-corrected chi connectivity index (χ3v) is 5.34. The number of methoxy groups -OCH3 is 1. The van der Waals surface area contributed by atoms with Crippen molar-refractivity contribution >= 4 is 17.6 Å². The molecule has 2 heterocycles. The van der Waals surface area contributed by atoms with Crippen molar-refractivity contribution < 1.29 is 14.3 Å². The van der Waals surface area contributed by atoms with Crippen molar-refractivity contribution in [3.05, 3.63) is 52.8 Å². The van der Waals surface area contributed by atoms with E-state index >= 15 is 0 Å². The molecule has 1 amide bonds. The maximum Gasteiger partial charge on any atom is 0.254 e. The molecule has 0 aliphatic carbocycles. The van der Waals surface area contributed by atoms with Crippen molar-refractivity contribution in [1.29, 1.82) is 0 Å². The summed E-state index contributed by atoms with van der Waals surface area (Å²) < 4.78 is 13.0. The summed E-state index contributed by atoms with van der Waals surface area (Å²) in [5.41, 5.74) is 8.82. The summed E-state index contributed by atoms with van der Waals surface area (Å²) in [5, 5.41) is 7.12. The highest BCUT2D eigenvalue weighted by molar-refractivity contribution is 5.76. The van der Waals surface area contributed by atoms with Gasteiger partial charge in [0.05, 0.1) is 13.2 Å². The van der Waals surface area contributed by atoms with E-state index in [1.165, 1.54) is 0 Å². The molecule has 1 aromatic carbocycles. The number of nitrogens with zero attached hydrogens (tertiary/aromatic N) is 4. The van der Waals surface area contributed by atoms with Crippen LogP contribution in [0.3, 0.4) is 0 Å². The summed E-state index contributed by atoms with van der Waals surface area (Å²) in [6.07, 6.45) is 0.865. The fraction of sp³-hybridized carbons (Fsp3) is 0.455. The monoisotopic (exact) mass is 426 g/mol. The molecular formula is C22H30N6O3. The molecule has 9 nitrogen and oxygen atoms in total. The average molecular weight is 427 g/mol. The molecule has 0 fully saturated rings. The number of aromatic nitrogens is 4. The van der Waals surface area contributed by atoms with E-state index in [4.69, 9.17) is 15.2 Å². The molecule has 3 rings (SSSR count). The minimum Gasteiger partial charge on any atom is -0.374 e. The predicted molar refractivity (Wildman–Crippen MR) is 118 cm³/mol. The van der Waals surface area contributed by atoms with Gasteiger partial charge in [-0.15, -0.1) is 5.10 Å². The van der Waals surface area contributed by atoms with E-state index in [9.17, 15) is 4.79 Å². The number of aryl methyl sites for hydroxylation is 2. The molecule has 0 aliphatic heterocycles. The van der Waals surface area contributed by atoms with Gasteiger partial charge in [0, 0.05) is 31.5 Å². The molecule has 9 heteroatoms. The minimum atomic E-state index is -0.616. The highest BCUT2D eigenvalue weighted by atomic mass is 16.5. The van der Waals surface area contributed by atoms with Crippen LogP contribution in [0.1, 0.15) is 35.9 Å². The second kappa shape index (κ2) is 9.84. The molecule has 166 valence electrons. The van der Waals surface area contributed by atoms with Gasteiger partial charge in [-0.05, 0) is 38.3 Å². The standard InChI is InChI=1S/C22H30N6O3/c1-15-18(16(2)28-21(25-15)26-20(23)27-28)10-11-19(29)24-13-22(3,30-4)14-31-12-17-8-6-5-7-9-17/h5-9H,10-14H2,1-4H3,(H2,23,27)(H,24,29). The van der Waals surface area contributed by atoms with Crippen LogP contribution >= 0.6 is 0 Å². The third-order valence-electron chi connectivity index (χ3n) is 5.34. The van der Waals surface area contributed by atoms with E-state index in [2.05, 4.69) is 20.4 Å². The van der Waals surface area contributed by atoms with Crippen LogP contribution in [0.2, 0.25) is 0 Å². The maximum absolute atomic E-state index is 12.5. The molecule has 1 atom stereocenters. The minimum absolute atomic E-state index is 0.0664. The van der Waals surface area contributed by atoms with Crippen molar-refractivity contribution in [1.82, 2.24) is 24.9 Å². The summed E-state index contributed by atoms with van der Waals surface area (Å²) in [6, 6.07) is 9.94. The van der Waals surface area contributed by atoms with Crippen molar-refractivity contribution in [3.63, 3.8) is 0 Å². The Hall–Kier alpha value is -3.04. The van der Waals surface area contributed by atoms with Gasteiger partial charge in [-0.25, -0.2) is 4.98 Å². The Bertz CT molecular complexity index is 1040. The zero-order chi connectivity index (χ0) is 22.4. The number of nitrogens with one attached hydrogen (secondary N) is 1. The Kier molecular flexibility index (Phi) is 7.19. The number of carbonyl (C=O) groups is 1. The summed E-state index contributed by atoms with van der Waals surface area (Å²) in [6.45, 7) is 6.96. The molecule has 0 aliphatic rings. The lowest BCUT2D eigenvalue weighted by Crippen LogP contribution is -2.45. The first-order valence-electron chi connectivity index (χ1n) is 10.2. The second-order valence-corrected chi connectivity index (χ2v) is 7.85. The van der Waals surface area contributed by atoms with Crippen LogP contribution in [0, 0.1) is 13.8 Å². The molecule has 0 bridgehead atoms. The van der Waals surface area contributed by atoms with Crippen LogP contribution in [0.4, 0.5) is 5.95 Å². The summed E-state index contributed by atoms with van der Waals surface area (Å²) >= 11 is 0. The van der Waals surface area contributed by atoms with Crippen LogP contribution in [-0.4, -0.2) is 51.4 Å². The van der Waals surface area contributed by atoms with Crippen LogP contribution in [0.25, 0.3) is 5.78 Å². The average Bonchev–Trinajstić information content (AvgIpc) is 3.13. The number of hydrogen-bond donors (Lipinski definition) is 2. The molecule has 0 saturated carbocycles. The largest absolute Gasteiger partial charge is 0.374 e. The van der Waals surface area contributed by atoms with Gasteiger partial charge >= 0.3 is 0 Å². The van der Waals surface area contributed by atoms with E-state index < -0.39 is 5.60 Å². The van der Waals surface area contributed by atoms with Crippen LogP contribution in [-0.2, 0) is 27.3 Å². The zero-order valence-electron chi connectivity index (χ0n) is 18.5. The number of fused-ring (bicyclic) bond motifs is 1. The van der Waals surface area contributed by atoms with Gasteiger partial charge in [0.15, 0.2) is 0 Å². The Labute approximate surface area is 182 Å². The van der Waals surface area contributed by atoms with E-state index in [0.717, 1.165) is 22.5 Å². The maximum atomic E-state index is 12.5. The fourth-order valence-corrected chi connectivity index (χ4v) is 3.34.